The number of halogens is 1. The lowest BCUT2D eigenvalue weighted by Crippen LogP contribution is -2.35. The van der Waals surface area contributed by atoms with Crippen molar-refractivity contribution in [1.29, 1.82) is 0 Å². The summed E-state index contributed by atoms with van der Waals surface area (Å²) in [5.74, 6) is -0.833. The Balaban J connectivity index is 2.31. The van der Waals surface area contributed by atoms with E-state index in [-0.39, 0.29) is 23.5 Å². The van der Waals surface area contributed by atoms with Gasteiger partial charge in [0.25, 0.3) is 0 Å². The molecule has 0 aliphatic carbocycles. The molecule has 0 spiro atoms. The molecule has 0 fully saturated rings. The quantitative estimate of drug-likeness (QED) is 0.615. The van der Waals surface area contributed by atoms with Crippen molar-refractivity contribution in [3.05, 3.63) is 41.7 Å². The Morgan fingerprint density at radius 2 is 1.85 bits per heavy atom. The summed E-state index contributed by atoms with van der Waals surface area (Å²) < 4.78 is 13.3. The van der Waals surface area contributed by atoms with Crippen molar-refractivity contribution in [2.75, 3.05) is 13.1 Å². The van der Waals surface area contributed by atoms with Crippen LogP contribution in [0.25, 0.3) is 6.08 Å². The molecule has 0 aliphatic heterocycles. The average Bonchev–Trinajstić information content (AvgIpc) is 2.42. The number of amides is 2. The van der Waals surface area contributed by atoms with Crippen molar-refractivity contribution in [3.63, 3.8) is 0 Å². The van der Waals surface area contributed by atoms with Gasteiger partial charge in [0, 0.05) is 30.6 Å². The van der Waals surface area contributed by atoms with Crippen LogP contribution in [0.4, 0.5) is 4.39 Å². The molecule has 0 unspecified atom stereocenters. The molecule has 5 heteroatoms. The smallest absolute Gasteiger partial charge is 0.244 e. The molecule has 0 aliphatic rings. The van der Waals surface area contributed by atoms with Gasteiger partial charge < -0.3 is 10.6 Å². The van der Waals surface area contributed by atoms with Crippen LogP contribution in [-0.2, 0) is 9.59 Å². The summed E-state index contributed by atoms with van der Waals surface area (Å²) in [5.41, 5.74) is 0.357. The third-order valence-electron chi connectivity index (χ3n) is 2.57. The number of rotatable bonds is 6. The van der Waals surface area contributed by atoms with E-state index in [0.29, 0.717) is 18.7 Å². The Kier molecular flexibility index (Phi) is 6.43. The highest BCUT2D eigenvalue weighted by molar-refractivity contribution is 5.91. The van der Waals surface area contributed by atoms with Crippen LogP contribution in [0.2, 0.25) is 0 Å². The van der Waals surface area contributed by atoms with E-state index in [1.165, 1.54) is 18.2 Å². The predicted octanol–water partition coefficient (Wildman–Crippen LogP) is 1.73. The summed E-state index contributed by atoms with van der Waals surface area (Å²) in [5, 5.41) is 5.29. The molecule has 2 amide bonds. The normalized spacial score (nSPS) is 10.8. The summed E-state index contributed by atoms with van der Waals surface area (Å²) in [6.07, 6.45) is 2.68. The minimum Gasteiger partial charge on any atom is -0.354 e. The molecule has 1 rings (SSSR count). The van der Waals surface area contributed by atoms with E-state index < -0.39 is 0 Å². The second kappa shape index (κ2) is 8.09. The number of carbonyl (C=O) groups excluding carboxylic acids is 2. The second-order valence-electron chi connectivity index (χ2n) is 4.59. The Bertz CT molecular complexity index is 498. The third-order valence-corrected chi connectivity index (χ3v) is 2.57. The molecule has 0 radical (unpaired) electrons. The van der Waals surface area contributed by atoms with E-state index in [1.807, 2.05) is 0 Å². The zero-order chi connectivity index (χ0) is 15.0. The number of nitrogens with one attached hydrogen (secondary N) is 2. The molecule has 0 saturated heterocycles. The summed E-state index contributed by atoms with van der Waals surface area (Å²) >= 11 is 0. The van der Waals surface area contributed by atoms with Crippen LogP contribution < -0.4 is 10.6 Å². The zero-order valence-electron chi connectivity index (χ0n) is 11.7. The monoisotopic (exact) mass is 278 g/mol. The topological polar surface area (TPSA) is 58.2 Å². The highest BCUT2D eigenvalue weighted by Gasteiger charge is 2.05. The molecule has 0 atom stereocenters. The van der Waals surface area contributed by atoms with E-state index in [9.17, 15) is 14.0 Å². The Hall–Kier alpha value is -2.17. The number of carbonyl (C=O) groups is 2. The maximum atomic E-state index is 13.3. The van der Waals surface area contributed by atoms with Crippen molar-refractivity contribution in [2.45, 2.75) is 13.8 Å². The molecular formula is C15H19FN2O2. The fourth-order valence-electron chi connectivity index (χ4n) is 1.41. The Morgan fingerprint density at radius 1 is 1.20 bits per heavy atom. The Morgan fingerprint density at radius 3 is 2.50 bits per heavy atom. The van der Waals surface area contributed by atoms with E-state index in [0.717, 1.165) is 0 Å². The van der Waals surface area contributed by atoms with Crippen LogP contribution in [0.5, 0.6) is 0 Å². The molecule has 0 heterocycles. The van der Waals surface area contributed by atoms with Gasteiger partial charge in [0.2, 0.25) is 11.8 Å². The van der Waals surface area contributed by atoms with Gasteiger partial charge in [-0.2, -0.15) is 0 Å². The first-order valence-electron chi connectivity index (χ1n) is 6.49. The second-order valence-corrected chi connectivity index (χ2v) is 4.59. The highest BCUT2D eigenvalue weighted by atomic mass is 19.1. The summed E-state index contributed by atoms with van der Waals surface area (Å²) in [6, 6.07) is 6.20. The number of hydrogen-bond acceptors (Lipinski definition) is 2. The van der Waals surface area contributed by atoms with Crippen LogP contribution in [0.3, 0.4) is 0 Å². The fourth-order valence-corrected chi connectivity index (χ4v) is 1.41. The average molecular weight is 278 g/mol. The van der Waals surface area contributed by atoms with E-state index >= 15 is 0 Å². The SMILES string of the molecule is CC(C)C(=O)NCCNC(=O)C=Cc1ccccc1F. The van der Waals surface area contributed by atoms with Crippen LogP contribution in [-0.4, -0.2) is 24.9 Å². The molecule has 0 bridgehead atoms. The van der Waals surface area contributed by atoms with Gasteiger partial charge in [-0.3, -0.25) is 9.59 Å². The fraction of sp³-hybridized carbons (Fsp3) is 0.333. The van der Waals surface area contributed by atoms with Gasteiger partial charge in [0.05, 0.1) is 0 Å². The molecule has 0 saturated carbocycles. The minimum absolute atomic E-state index is 0.0545. The largest absolute Gasteiger partial charge is 0.354 e. The molecular weight excluding hydrogens is 259 g/mol. The number of benzene rings is 1. The first-order chi connectivity index (χ1) is 9.50. The van der Waals surface area contributed by atoms with Crippen LogP contribution in [0.15, 0.2) is 30.3 Å². The lowest BCUT2D eigenvalue weighted by Gasteiger charge is -2.07. The third kappa shape index (κ3) is 5.65. The first-order valence-corrected chi connectivity index (χ1v) is 6.49. The van der Waals surface area contributed by atoms with E-state index in [2.05, 4.69) is 10.6 Å². The summed E-state index contributed by atoms with van der Waals surface area (Å²) in [7, 11) is 0. The van der Waals surface area contributed by atoms with Gasteiger partial charge >= 0.3 is 0 Å². The van der Waals surface area contributed by atoms with Crippen molar-refractivity contribution in [3.8, 4) is 0 Å². The summed E-state index contributed by atoms with van der Waals surface area (Å²) in [6.45, 7) is 4.30. The van der Waals surface area contributed by atoms with Crippen LogP contribution in [0.1, 0.15) is 19.4 Å². The van der Waals surface area contributed by atoms with E-state index in [4.69, 9.17) is 0 Å². The number of hydrogen-bond donors (Lipinski definition) is 2. The lowest BCUT2D eigenvalue weighted by atomic mass is 10.2. The molecule has 108 valence electrons. The standard InChI is InChI=1S/C15H19FN2O2/c1-11(2)15(20)18-10-9-17-14(19)8-7-12-5-3-4-6-13(12)16/h3-8,11H,9-10H2,1-2H3,(H,17,19)(H,18,20). The van der Waals surface area contributed by atoms with Crippen LogP contribution in [0, 0.1) is 11.7 Å². The summed E-state index contributed by atoms with van der Waals surface area (Å²) in [4.78, 5) is 22.7. The van der Waals surface area contributed by atoms with Gasteiger partial charge in [0.1, 0.15) is 5.82 Å². The van der Waals surface area contributed by atoms with Crippen molar-refractivity contribution in [2.24, 2.45) is 5.92 Å². The van der Waals surface area contributed by atoms with Gasteiger partial charge in [-0.05, 0) is 12.1 Å². The van der Waals surface area contributed by atoms with Gasteiger partial charge in [-0.25, -0.2) is 4.39 Å². The molecule has 1 aromatic rings. The predicted molar refractivity (Wildman–Crippen MR) is 76.3 cm³/mol. The maximum Gasteiger partial charge on any atom is 0.244 e. The first kappa shape index (κ1) is 15.9. The molecule has 4 nitrogen and oxygen atoms in total. The van der Waals surface area contributed by atoms with E-state index in [1.54, 1.807) is 32.0 Å². The van der Waals surface area contributed by atoms with Gasteiger partial charge in [-0.1, -0.05) is 32.0 Å². The van der Waals surface area contributed by atoms with Crippen molar-refractivity contribution in [1.82, 2.24) is 10.6 Å². The van der Waals surface area contributed by atoms with Gasteiger partial charge in [-0.15, -0.1) is 0 Å². The van der Waals surface area contributed by atoms with Crippen molar-refractivity contribution < 1.29 is 14.0 Å². The minimum atomic E-state index is -0.374. The molecule has 1 aromatic carbocycles. The molecule has 0 aromatic heterocycles. The zero-order valence-corrected chi connectivity index (χ0v) is 11.7. The van der Waals surface area contributed by atoms with Crippen molar-refractivity contribution >= 4 is 17.9 Å². The maximum absolute atomic E-state index is 13.3. The van der Waals surface area contributed by atoms with Crippen LogP contribution >= 0.6 is 0 Å². The molecule has 20 heavy (non-hydrogen) atoms. The Labute approximate surface area is 118 Å². The van der Waals surface area contributed by atoms with Gasteiger partial charge in [0.15, 0.2) is 0 Å². The molecule has 2 N–H and O–H groups in total. The lowest BCUT2D eigenvalue weighted by molar-refractivity contribution is -0.124. The highest BCUT2D eigenvalue weighted by Crippen LogP contribution is 2.07.